The molecule has 0 bridgehead atoms. The molecule has 29 heavy (non-hydrogen) atoms. The van der Waals surface area contributed by atoms with Gasteiger partial charge < -0.3 is 9.57 Å². The molecule has 2 aromatic rings. The predicted octanol–water partition coefficient (Wildman–Crippen LogP) is 6.73. The van der Waals surface area contributed by atoms with Gasteiger partial charge in [0.2, 0.25) is 0 Å². The Kier molecular flexibility index (Phi) is 6.15. The van der Waals surface area contributed by atoms with Gasteiger partial charge in [-0.2, -0.15) is 0 Å². The fourth-order valence-corrected chi connectivity index (χ4v) is 4.53. The van der Waals surface area contributed by atoms with Crippen LogP contribution in [0.1, 0.15) is 76.5 Å². The molecule has 1 aliphatic heterocycles. The lowest BCUT2D eigenvalue weighted by Crippen LogP contribution is -2.44. The molecule has 1 unspecified atom stereocenters. The van der Waals surface area contributed by atoms with Crippen LogP contribution in [0.25, 0.3) is 0 Å². The second kappa shape index (κ2) is 8.79. The minimum atomic E-state index is 0.148. The van der Waals surface area contributed by atoms with Crippen molar-refractivity contribution in [3.63, 3.8) is 0 Å². The Morgan fingerprint density at radius 3 is 2.45 bits per heavy atom. The van der Waals surface area contributed by atoms with E-state index in [9.17, 15) is 0 Å². The Morgan fingerprint density at radius 1 is 0.966 bits per heavy atom. The smallest absolute Gasteiger partial charge is 0.148 e. The lowest BCUT2D eigenvalue weighted by atomic mass is 9.92. The van der Waals surface area contributed by atoms with Gasteiger partial charge in [0.15, 0.2) is 0 Å². The SMILES string of the molecule is CC(C)(C)CN(Oc1ccc2c(c1)CCC(c1ccccc1)O2)C1CCCCC1. The Morgan fingerprint density at radius 2 is 1.72 bits per heavy atom. The number of hydrogen-bond acceptors (Lipinski definition) is 3. The molecule has 4 rings (SSSR count). The molecule has 3 nitrogen and oxygen atoms in total. The number of fused-ring (bicyclic) bond motifs is 1. The fourth-order valence-electron chi connectivity index (χ4n) is 4.53. The summed E-state index contributed by atoms with van der Waals surface area (Å²) < 4.78 is 6.31. The summed E-state index contributed by atoms with van der Waals surface area (Å²) in [6.07, 6.45) is 8.64. The third-order valence-corrected chi connectivity index (χ3v) is 5.98. The van der Waals surface area contributed by atoms with Crippen LogP contribution >= 0.6 is 0 Å². The van der Waals surface area contributed by atoms with Crippen LogP contribution < -0.4 is 9.57 Å². The maximum atomic E-state index is 6.49. The molecule has 0 amide bonds. The summed E-state index contributed by atoms with van der Waals surface area (Å²) >= 11 is 0. The van der Waals surface area contributed by atoms with E-state index in [-0.39, 0.29) is 11.5 Å². The van der Waals surface area contributed by atoms with Gasteiger partial charge in [-0.15, -0.1) is 5.06 Å². The molecule has 1 aliphatic carbocycles. The number of aryl methyl sites for hydroxylation is 1. The van der Waals surface area contributed by atoms with E-state index in [4.69, 9.17) is 9.57 Å². The van der Waals surface area contributed by atoms with E-state index < -0.39 is 0 Å². The molecule has 1 saturated carbocycles. The largest absolute Gasteiger partial charge is 0.485 e. The molecule has 2 aromatic carbocycles. The molecule has 0 aromatic heterocycles. The summed E-state index contributed by atoms with van der Waals surface area (Å²) in [5, 5.41) is 2.26. The normalized spacial score (nSPS) is 20.2. The highest BCUT2D eigenvalue weighted by molar-refractivity contribution is 5.42. The van der Waals surface area contributed by atoms with E-state index in [1.807, 2.05) is 0 Å². The van der Waals surface area contributed by atoms with Crippen molar-refractivity contribution in [2.24, 2.45) is 5.41 Å². The van der Waals surface area contributed by atoms with Crippen molar-refractivity contribution in [2.45, 2.75) is 77.9 Å². The summed E-state index contributed by atoms with van der Waals surface area (Å²) in [6.45, 7) is 7.81. The molecular weight excluding hydrogens is 358 g/mol. The van der Waals surface area contributed by atoms with E-state index in [0.29, 0.717) is 6.04 Å². The predicted molar refractivity (Wildman–Crippen MR) is 118 cm³/mol. The number of ether oxygens (including phenoxy) is 1. The Labute approximate surface area is 176 Å². The van der Waals surface area contributed by atoms with Crippen molar-refractivity contribution in [1.29, 1.82) is 0 Å². The maximum absolute atomic E-state index is 6.49. The van der Waals surface area contributed by atoms with Gasteiger partial charge in [-0.25, -0.2) is 0 Å². The third-order valence-electron chi connectivity index (χ3n) is 5.98. The summed E-state index contributed by atoms with van der Waals surface area (Å²) in [4.78, 5) is 6.49. The van der Waals surface area contributed by atoms with Gasteiger partial charge in [0.1, 0.15) is 17.6 Å². The Bertz CT molecular complexity index is 790. The first kappa shape index (κ1) is 20.3. The van der Waals surface area contributed by atoms with Crippen molar-refractivity contribution >= 4 is 0 Å². The highest BCUT2D eigenvalue weighted by Gasteiger charge is 2.28. The van der Waals surface area contributed by atoms with E-state index in [0.717, 1.165) is 30.9 Å². The molecule has 2 aliphatic rings. The number of hydroxylamine groups is 2. The first-order valence-corrected chi connectivity index (χ1v) is 11.3. The maximum Gasteiger partial charge on any atom is 0.148 e. The van der Waals surface area contributed by atoms with Gasteiger partial charge in [-0.1, -0.05) is 70.4 Å². The first-order chi connectivity index (χ1) is 14.0. The second-order valence-electron chi connectivity index (χ2n) is 9.84. The van der Waals surface area contributed by atoms with Crippen LogP contribution in [0.2, 0.25) is 0 Å². The van der Waals surface area contributed by atoms with Gasteiger partial charge >= 0.3 is 0 Å². The minimum absolute atomic E-state index is 0.148. The zero-order chi connectivity index (χ0) is 20.3. The lowest BCUT2D eigenvalue weighted by molar-refractivity contribution is -0.123. The summed E-state index contributed by atoms with van der Waals surface area (Å²) in [5.74, 6) is 1.94. The highest BCUT2D eigenvalue weighted by atomic mass is 16.7. The number of rotatable bonds is 5. The fraction of sp³-hybridized carbons (Fsp3) is 0.538. The standard InChI is InChI=1S/C26H35NO2/c1-26(2,3)19-27(22-12-8-5-9-13-22)29-23-15-17-25-21(18-23)14-16-24(28-25)20-10-6-4-7-11-20/h4,6-7,10-11,15,17-18,22,24H,5,8-9,12-14,16,19H2,1-3H3. The molecule has 0 radical (unpaired) electrons. The van der Waals surface area contributed by atoms with Crippen LogP contribution in [0.3, 0.4) is 0 Å². The van der Waals surface area contributed by atoms with Gasteiger partial charge in [-0.3, -0.25) is 0 Å². The zero-order valence-electron chi connectivity index (χ0n) is 18.2. The van der Waals surface area contributed by atoms with Crippen LogP contribution in [0.4, 0.5) is 0 Å². The van der Waals surface area contributed by atoms with Gasteiger partial charge in [0, 0.05) is 12.6 Å². The first-order valence-electron chi connectivity index (χ1n) is 11.3. The molecule has 0 spiro atoms. The molecule has 156 valence electrons. The average molecular weight is 394 g/mol. The molecule has 0 N–H and O–H groups in total. The van der Waals surface area contributed by atoms with E-state index in [2.05, 4.69) is 74.4 Å². The van der Waals surface area contributed by atoms with E-state index in [1.165, 1.54) is 43.2 Å². The Balaban J connectivity index is 1.47. The van der Waals surface area contributed by atoms with Crippen LogP contribution in [0, 0.1) is 5.41 Å². The van der Waals surface area contributed by atoms with E-state index in [1.54, 1.807) is 0 Å². The summed E-state index contributed by atoms with van der Waals surface area (Å²) in [5.41, 5.74) is 2.72. The van der Waals surface area contributed by atoms with Crippen molar-refractivity contribution in [3.8, 4) is 11.5 Å². The topological polar surface area (TPSA) is 21.7 Å². The van der Waals surface area contributed by atoms with Crippen LogP contribution in [0.15, 0.2) is 48.5 Å². The number of benzene rings is 2. The lowest BCUT2D eigenvalue weighted by Gasteiger charge is -2.37. The van der Waals surface area contributed by atoms with Crippen LogP contribution in [0.5, 0.6) is 11.5 Å². The average Bonchev–Trinajstić information content (AvgIpc) is 2.73. The molecular formula is C26H35NO2. The molecule has 1 atom stereocenters. The van der Waals surface area contributed by atoms with Crippen molar-refractivity contribution in [1.82, 2.24) is 5.06 Å². The van der Waals surface area contributed by atoms with Crippen molar-refractivity contribution < 1.29 is 9.57 Å². The molecule has 3 heteroatoms. The zero-order valence-corrected chi connectivity index (χ0v) is 18.2. The minimum Gasteiger partial charge on any atom is -0.485 e. The van der Waals surface area contributed by atoms with E-state index >= 15 is 0 Å². The van der Waals surface area contributed by atoms with Crippen molar-refractivity contribution in [3.05, 3.63) is 59.7 Å². The highest BCUT2D eigenvalue weighted by Crippen LogP contribution is 2.37. The second-order valence-corrected chi connectivity index (χ2v) is 9.84. The number of nitrogens with zero attached hydrogens (tertiary/aromatic N) is 1. The van der Waals surface area contributed by atoms with Gasteiger partial charge in [-0.05, 0) is 60.4 Å². The summed E-state index contributed by atoms with van der Waals surface area (Å²) in [6, 6.07) is 17.4. The Hall–Kier alpha value is -2.00. The quantitative estimate of drug-likeness (QED) is 0.526. The number of hydrogen-bond donors (Lipinski definition) is 0. The molecule has 1 heterocycles. The van der Waals surface area contributed by atoms with Crippen LogP contribution in [-0.2, 0) is 6.42 Å². The van der Waals surface area contributed by atoms with Crippen LogP contribution in [-0.4, -0.2) is 17.6 Å². The monoisotopic (exact) mass is 393 g/mol. The molecule has 1 fully saturated rings. The van der Waals surface area contributed by atoms with Gasteiger partial charge in [0.25, 0.3) is 0 Å². The third kappa shape index (κ3) is 5.33. The van der Waals surface area contributed by atoms with Crippen molar-refractivity contribution in [2.75, 3.05) is 6.54 Å². The van der Waals surface area contributed by atoms with Gasteiger partial charge in [0.05, 0.1) is 0 Å². The summed E-state index contributed by atoms with van der Waals surface area (Å²) in [7, 11) is 0. The molecule has 0 saturated heterocycles.